The fraction of sp³-hybridized carbons (Fsp3) is 0.400. The molecule has 2 amide bonds. The number of ether oxygens (including phenoxy) is 3. The van der Waals surface area contributed by atoms with Gasteiger partial charge in [-0.1, -0.05) is 42.5 Å². The number of para-hydroxylation sites is 2. The van der Waals surface area contributed by atoms with Gasteiger partial charge < -0.3 is 24.4 Å². The van der Waals surface area contributed by atoms with Gasteiger partial charge in [0.2, 0.25) is 5.91 Å². The molecule has 0 fully saturated rings. The molecule has 0 aromatic heterocycles. The maximum absolute atomic E-state index is 13.3. The second-order valence-corrected chi connectivity index (χ2v) is 8.35. The third kappa shape index (κ3) is 8.48. The number of benzene rings is 2. The lowest BCUT2D eigenvalue weighted by Gasteiger charge is -2.27. The summed E-state index contributed by atoms with van der Waals surface area (Å²) in [6.07, 6.45) is -1.16. The van der Waals surface area contributed by atoms with E-state index in [9.17, 15) is 14.4 Å². The molecule has 8 nitrogen and oxygen atoms in total. The molecule has 0 saturated heterocycles. The molecule has 0 spiro atoms. The van der Waals surface area contributed by atoms with Crippen molar-refractivity contribution in [3.8, 4) is 5.75 Å². The van der Waals surface area contributed by atoms with Gasteiger partial charge >= 0.3 is 12.1 Å². The quantitative estimate of drug-likeness (QED) is 0.572. The SMILES string of the molecule is CCOc1ccccc1N(C)C(=O)[C@H](CC(=O)OCc1ccccc1)NC(=O)OC(C)(C)C. The number of alkyl carbamates (subject to hydrolysis) is 1. The molecule has 2 rings (SSSR count). The number of esters is 1. The van der Waals surface area contributed by atoms with Crippen molar-refractivity contribution in [2.75, 3.05) is 18.6 Å². The standard InChI is InChI=1S/C25H32N2O6/c1-6-31-21-15-11-10-14-20(21)27(5)23(29)19(26-24(30)33-25(2,3)4)16-22(28)32-17-18-12-8-7-9-13-18/h7-15,19H,6,16-17H2,1-5H3,(H,26,30)/t19-/m0/s1. The van der Waals surface area contributed by atoms with Crippen molar-refractivity contribution in [1.82, 2.24) is 5.32 Å². The van der Waals surface area contributed by atoms with Crippen LogP contribution in [0.5, 0.6) is 5.75 Å². The minimum Gasteiger partial charge on any atom is -0.492 e. The molecule has 1 N–H and O–H groups in total. The van der Waals surface area contributed by atoms with E-state index in [0.29, 0.717) is 18.0 Å². The Morgan fingerprint density at radius 1 is 1.00 bits per heavy atom. The van der Waals surface area contributed by atoms with Gasteiger partial charge in [0.15, 0.2) is 0 Å². The maximum Gasteiger partial charge on any atom is 0.408 e. The van der Waals surface area contributed by atoms with Crippen molar-refractivity contribution < 1.29 is 28.6 Å². The van der Waals surface area contributed by atoms with Gasteiger partial charge in [-0.3, -0.25) is 9.59 Å². The van der Waals surface area contributed by atoms with Crippen LogP contribution in [0, 0.1) is 0 Å². The molecule has 2 aromatic carbocycles. The van der Waals surface area contributed by atoms with Crippen molar-refractivity contribution in [2.45, 2.75) is 52.4 Å². The second kappa shape index (κ2) is 11.9. The molecular weight excluding hydrogens is 424 g/mol. The van der Waals surface area contributed by atoms with E-state index in [1.165, 1.54) is 4.90 Å². The summed E-state index contributed by atoms with van der Waals surface area (Å²) >= 11 is 0. The number of amides is 2. The van der Waals surface area contributed by atoms with Crippen molar-refractivity contribution in [1.29, 1.82) is 0 Å². The highest BCUT2D eigenvalue weighted by atomic mass is 16.6. The largest absolute Gasteiger partial charge is 0.492 e. The smallest absolute Gasteiger partial charge is 0.408 e. The molecule has 0 heterocycles. The molecule has 178 valence electrons. The van der Waals surface area contributed by atoms with Crippen LogP contribution in [-0.4, -0.2) is 43.3 Å². The fourth-order valence-corrected chi connectivity index (χ4v) is 2.98. The Morgan fingerprint density at radius 2 is 1.64 bits per heavy atom. The fourth-order valence-electron chi connectivity index (χ4n) is 2.98. The summed E-state index contributed by atoms with van der Waals surface area (Å²) in [6.45, 7) is 7.46. The summed E-state index contributed by atoms with van der Waals surface area (Å²) in [6, 6.07) is 15.0. The minimum atomic E-state index is -1.19. The molecule has 0 aliphatic heterocycles. The monoisotopic (exact) mass is 456 g/mol. The molecule has 1 atom stereocenters. The van der Waals surface area contributed by atoms with Crippen molar-refractivity contribution in [2.24, 2.45) is 0 Å². The Balaban J connectivity index is 2.17. The summed E-state index contributed by atoms with van der Waals surface area (Å²) in [7, 11) is 1.55. The lowest BCUT2D eigenvalue weighted by atomic mass is 10.1. The Kier molecular flexibility index (Phi) is 9.27. The van der Waals surface area contributed by atoms with Crippen LogP contribution < -0.4 is 15.0 Å². The summed E-state index contributed by atoms with van der Waals surface area (Å²) in [5.41, 5.74) is 0.563. The van der Waals surface area contributed by atoms with Gasteiger partial charge in [-0.15, -0.1) is 0 Å². The third-order valence-electron chi connectivity index (χ3n) is 4.46. The number of carbonyl (C=O) groups excluding carboxylic acids is 3. The first kappa shape index (κ1) is 25.7. The van der Waals surface area contributed by atoms with Crippen molar-refractivity contribution in [3.63, 3.8) is 0 Å². The number of hydrogen-bond donors (Lipinski definition) is 1. The maximum atomic E-state index is 13.3. The molecule has 0 bridgehead atoms. The molecule has 0 aliphatic carbocycles. The van der Waals surface area contributed by atoms with E-state index in [1.807, 2.05) is 37.3 Å². The van der Waals surface area contributed by atoms with Gasteiger partial charge in [0.25, 0.3) is 0 Å². The van der Waals surface area contributed by atoms with Crippen LogP contribution in [0.3, 0.4) is 0 Å². The Hall–Kier alpha value is -3.55. The van der Waals surface area contributed by atoms with Gasteiger partial charge in [0.1, 0.15) is 24.0 Å². The van der Waals surface area contributed by atoms with E-state index in [4.69, 9.17) is 14.2 Å². The summed E-state index contributed by atoms with van der Waals surface area (Å²) < 4.78 is 16.2. The van der Waals surface area contributed by atoms with E-state index in [1.54, 1.807) is 52.1 Å². The zero-order valence-electron chi connectivity index (χ0n) is 19.8. The Bertz CT molecular complexity index is 939. The van der Waals surface area contributed by atoms with Crippen molar-refractivity contribution >= 4 is 23.7 Å². The van der Waals surface area contributed by atoms with Gasteiger partial charge in [-0.2, -0.15) is 0 Å². The number of likely N-dealkylation sites (N-methyl/N-ethyl adjacent to an activating group) is 1. The first-order valence-corrected chi connectivity index (χ1v) is 10.8. The summed E-state index contributed by atoms with van der Waals surface area (Å²) in [5.74, 6) is -0.622. The number of hydrogen-bond acceptors (Lipinski definition) is 6. The van der Waals surface area contributed by atoms with Crippen LogP contribution in [-0.2, 0) is 25.7 Å². The lowest BCUT2D eigenvalue weighted by Crippen LogP contribution is -2.50. The van der Waals surface area contributed by atoms with Gasteiger partial charge in [-0.25, -0.2) is 4.79 Å². The van der Waals surface area contributed by atoms with E-state index >= 15 is 0 Å². The van der Waals surface area contributed by atoms with Crippen LogP contribution >= 0.6 is 0 Å². The van der Waals surface area contributed by atoms with E-state index in [2.05, 4.69) is 5.32 Å². The van der Waals surface area contributed by atoms with Crippen molar-refractivity contribution in [3.05, 3.63) is 60.2 Å². The van der Waals surface area contributed by atoms with E-state index in [-0.39, 0.29) is 13.0 Å². The number of nitrogens with one attached hydrogen (secondary N) is 1. The predicted octanol–water partition coefficient (Wildman–Crippen LogP) is 4.07. The van der Waals surface area contributed by atoms with Gasteiger partial charge in [-0.05, 0) is 45.4 Å². The normalized spacial score (nSPS) is 11.8. The van der Waals surface area contributed by atoms with Crippen LogP contribution in [0.25, 0.3) is 0 Å². The predicted molar refractivity (Wildman–Crippen MR) is 125 cm³/mol. The molecule has 0 aliphatic rings. The summed E-state index contributed by atoms with van der Waals surface area (Å²) in [4.78, 5) is 39.5. The topological polar surface area (TPSA) is 94.2 Å². The van der Waals surface area contributed by atoms with Gasteiger partial charge in [0.05, 0.1) is 18.7 Å². The molecule has 0 radical (unpaired) electrons. The highest BCUT2D eigenvalue weighted by molar-refractivity contribution is 6.01. The van der Waals surface area contributed by atoms with E-state index < -0.39 is 29.6 Å². The zero-order valence-corrected chi connectivity index (χ0v) is 19.8. The third-order valence-corrected chi connectivity index (χ3v) is 4.46. The average Bonchev–Trinajstić information content (AvgIpc) is 2.76. The second-order valence-electron chi connectivity index (χ2n) is 8.35. The van der Waals surface area contributed by atoms with Gasteiger partial charge in [0, 0.05) is 7.05 Å². The number of nitrogens with zero attached hydrogens (tertiary/aromatic N) is 1. The van der Waals surface area contributed by atoms with Crippen LogP contribution in [0.1, 0.15) is 39.7 Å². The molecule has 0 unspecified atom stereocenters. The molecule has 2 aromatic rings. The first-order chi connectivity index (χ1) is 15.6. The van der Waals surface area contributed by atoms with Crippen LogP contribution in [0.2, 0.25) is 0 Å². The number of carbonyl (C=O) groups is 3. The molecule has 8 heteroatoms. The highest BCUT2D eigenvalue weighted by Gasteiger charge is 2.30. The van der Waals surface area contributed by atoms with Crippen LogP contribution in [0.4, 0.5) is 10.5 Å². The number of rotatable bonds is 9. The number of anilines is 1. The zero-order chi connectivity index (χ0) is 24.4. The highest BCUT2D eigenvalue weighted by Crippen LogP contribution is 2.28. The van der Waals surface area contributed by atoms with E-state index in [0.717, 1.165) is 5.56 Å². The van der Waals surface area contributed by atoms with Crippen LogP contribution in [0.15, 0.2) is 54.6 Å². The molecule has 33 heavy (non-hydrogen) atoms. The molecular formula is C25H32N2O6. The Labute approximate surface area is 194 Å². The molecule has 0 saturated carbocycles. The minimum absolute atomic E-state index is 0.0655. The Morgan fingerprint density at radius 3 is 2.27 bits per heavy atom. The average molecular weight is 457 g/mol. The summed E-state index contributed by atoms with van der Waals surface area (Å²) in [5, 5.41) is 2.51. The first-order valence-electron chi connectivity index (χ1n) is 10.8. The lowest BCUT2D eigenvalue weighted by molar-refractivity contribution is -0.146.